The highest BCUT2D eigenvalue weighted by atomic mass is 16.5. The summed E-state index contributed by atoms with van der Waals surface area (Å²) in [5.41, 5.74) is 3.74. The van der Waals surface area contributed by atoms with E-state index in [-0.39, 0.29) is 6.10 Å². The Hall–Kier alpha value is -1.00. The SMILES string of the molecule is COC(C)Cc1nc2c(c(C(C)C)n1)CNCC2. The molecule has 0 saturated carbocycles. The van der Waals surface area contributed by atoms with Gasteiger partial charge in [0.15, 0.2) is 0 Å². The van der Waals surface area contributed by atoms with E-state index in [0.29, 0.717) is 5.92 Å². The quantitative estimate of drug-likeness (QED) is 0.884. The van der Waals surface area contributed by atoms with Crippen molar-refractivity contribution in [2.75, 3.05) is 13.7 Å². The highest BCUT2D eigenvalue weighted by Crippen LogP contribution is 2.22. The molecule has 100 valence electrons. The Labute approximate surface area is 109 Å². The molecule has 18 heavy (non-hydrogen) atoms. The number of nitrogens with one attached hydrogen (secondary N) is 1. The molecule has 1 aliphatic rings. The third-order valence-corrected chi connectivity index (χ3v) is 3.43. The molecule has 1 unspecified atom stereocenters. The maximum Gasteiger partial charge on any atom is 0.131 e. The lowest BCUT2D eigenvalue weighted by molar-refractivity contribution is 0.117. The van der Waals surface area contributed by atoms with Crippen molar-refractivity contribution in [2.24, 2.45) is 0 Å². The van der Waals surface area contributed by atoms with Crippen LogP contribution >= 0.6 is 0 Å². The van der Waals surface area contributed by atoms with Crippen molar-refractivity contribution < 1.29 is 4.74 Å². The van der Waals surface area contributed by atoms with Crippen LogP contribution in [0, 0.1) is 0 Å². The fourth-order valence-electron chi connectivity index (χ4n) is 2.33. The van der Waals surface area contributed by atoms with E-state index in [0.717, 1.165) is 31.8 Å². The lowest BCUT2D eigenvalue weighted by Gasteiger charge is -2.22. The van der Waals surface area contributed by atoms with Crippen LogP contribution < -0.4 is 5.32 Å². The fraction of sp³-hybridized carbons (Fsp3) is 0.714. The van der Waals surface area contributed by atoms with Gasteiger partial charge in [0.2, 0.25) is 0 Å². The molecule has 0 aliphatic carbocycles. The molecule has 1 atom stereocenters. The maximum atomic E-state index is 5.31. The van der Waals surface area contributed by atoms with Gasteiger partial charge in [-0.1, -0.05) is 13.8 Å². The largest absolute Gasteiger partial charge is 0.381 e. The number of hydrogen-bond donors (Lipinski definition) is 1. The number of ether oxygens (including phenoxy) is 1. The van der Waals surface area contributed by atoms with Crippen LogP contribution in [0.15, 0.2) is 0 Å². The molecule has 0 saturated heterocycles. The van der Waals surface area contributed by atoms with Crippen LogP contribution in [0.5, 0.6) is 0 Å². The first-order valence-electron chi connectivity index (χ1n) is 6.74. The van der Waals surface area contributed by atoms with E-state index in [2.05, 4.69) is 26.1 Å². The molecular formula is C14H23N3O. The zero-order valence-corrected chi connectivity index (χ0v) is 11.8. The first kappa shape index (κ1) is 13.4. The molecule has 0 spiro atoms. The van der Waals surface area contributed by atoms with Crippen LogP contribution in [0.4, 0.5) is 0 Å². The lowest BCUT2D eigenvalue weighted by atomic mass is 9.98. The van der Waals surface area contributed by atoms with Gasteiger partial charge in [0.1, 0.15) is 5.82 Å². The third kappa shape index (κ3) is 2.87. The molecular weight excluding hydrogens is 226 g/mol. The average Bonchev–Trinajstić information content (AvgIpc) is 2.37. The molecule has 0 amide bonds. The monoisotopic (exact) mass is 249 g/mol. The second-order valence-electron chi connectivity index (χ2n) is 5.28. The molecule has 0 bridgehead atoms. The van der Waals surface area contributed by atoms with Gasteiger partial charge in [-0.05, 0) is 12.8 Å². The Bertz CT molecular complexity index is 418. The van der Waals surface area contributed by atoms with Gasteiger partial charge in [-0.2, -0.15) is 0 Å². The number of hydrogen-bond acceptors (Lipinski definition) is 4. The van der Waals surface area contributed by atoms with Crippen LogP contribution in [0.3, 0.4) is 0 Å². The van der Waals surface area contributed by atoms with Crippen LogP contribution in [0.2, 0.25) is 0 Å². The molecule has 2 heterocycles. The predicted octanol–water partition coefficient (Wildman–Crippen LogP) is 1.82. The zero-order chi connectivity index (χ0) is 13.1. The minimum absolute atomic E-state index is 0.171. The fourth-order valence-corrected chi connectivity index (χ4v) is 2.33. The van der Waals surface area contributed by atoms with Crippen molar-refractivity contribution in [3.8, 4) is 0 Å². The minimum Gasteiger partial charge on any atom is -0.381 e. The molecule has 2 rings (SSSR count). The normalized spacial score (nSPS) is 16.7. The van der Waals surface area contributed by atoms with Gasteiger partial charge in [0.25, 0.3) is 0 Å². The molecule has 4 heteroatoms. The van der Waals surface area contributed by atoms with Gasteiger partial charge < -0.3 is 10.1 Å². The zero-order valence-electron chi connectivity index (χ0n) is 11.8. The molecule has 1 aromatic rings. The van der Waals surface area contributed by atoms with Crippen LogP contribution in [-0.2, 0) is 24.1 Å². The van der Waals surface area contributed by atoms with Gasteiger partial charge in [0, 0.05) is 38.6 Å². The summed E-state index contributed by atoms with van der Waals surface area (Å²) in [7, 11) is 1.73. The number of methoxy groups -OCH3 is 1. The van der Waals surface area contributed by atoms with Crippen molar-refractivity contribution in [3.63, 3.8) is 0 Å². The Morgan fingerprint density at radius 3 is 2.72 bits per heavy atom. The summed E-state index contributed by atoms with van der Waals surface area (Å²) in [6.45, 7) is 8.37. The minimum atomic E-state index is 0.171. The first-order chi connectivity index (χ1) is 8.61. The highest BCUT2D eigenvalue weighted by Gasteiger charge is 2.19. The van der Waals surface area contributed by atoms with Crippen LogP contribution in [0.25, 0.3) is 0 Å². The molecule has 4 nitrogen and oxygen atoms in total. The summed E-state index contributed by atoms with van der Waals surface area (Å²) in [6.07, 6.45) is 1.97. The molecule has 1 aliphatic heterocycles. The van der Waals surface area contributed by atoms with E-state index in [1.165, 1.54) is 17.0 Å². The van der Waals surface area contributed by atoms with Crippen molar-refractivity contribution >= 4 is 0 Å². The molecule has 0 radical (unpaired) electrons. The first-order valence-corrected chi connectivity index (χ1v) is 6.74. The predicted molar refractivity (Wildman–Crippen MR) is 71.7 cm³/mol. The van der Waals surface area contributed by atoms with Gasteiger partial charge in [-0.3, -0.25) is 0 Å². The number of aromatic nitrogens is 2. The number of rotatable bonds is 4. The Kier molecular flexibility index (Phi) is 4.30. The average molecular weight is 249 g/mol. The maximum absolute atomic E-state index is 5.31. The van der Waals surface area contributed by atoms with Crippen molar-refractivity contribution in [1.29, 1.82) is 0 Å². The summed E-state index contributed by atoms with van der Waals surface area (Å²) in [5, 5.41) is 3.40. The van der Waals surface area contributed by atoms with Crippen LogP contribution in [-0.4, -0.2) is 29.7 Å². The topological polar surface area (TPSA) is 47.0 Å². The standard InChI is InChI=1S/C14H23N3O/c1-9(2)14-11-8-15-6-5-12(11)16-13(17-14)7-10(3)18-4/h9-10,15H,5-8H2,1-4H3. The molecule has 0 fully saturated rings. The van der Waals surface area contributed by atoms with E-state index in [4.69, 9.17) is 14.7 Å². The van der Waals surface area contributed by atoms with Crippen molar-refractivity contribution in [2.45, 2.75) is 52.2 Å². The summed E-state index contributed by atoms with van der Waals surface area (Å²) in [6, 6.07) is 0. The van der Waals surface area contributed by atoms with E-state index in [1.807, 2.05) is 0 Å². The second-order valence-corrected chi connectivity index (χ2v) is 5.28. The van der Waals surface area contributed by atoms with E-state index in [9.17, 15) is 0 Å². The van der Waals surface area contributed by atoms with E-state index < -0.39 is 0 Å². The summed E-state index contributed by atoms with van der Waals surface area (Å²) in [4.78, 5) is 9.46. The van der Waals surface area contributed by atoms with Gasteiger partial charge >= 0.3 is 0 Å². The summed E-state index contributed by atoms with van der Waals surface area (Å²) < 4.78 is 5.31. The molecule has 0 aromatic carbocycles. The summed E-state index contributed by atoms with van der Waals surface area (Å²) in [5.74, 6) is 1.37. The van der Waals surface area contributed by atoms with Crippen LogP contribution in [0.1, 0.15) is 49.5 Å². The highest BCUT2D eigenvalue weighted by molar-refractivity contribution is 5.30. The third-order valence-electron chi connectivity index (χ3n) is 3.43. The Morgan fingerprint density at radius 1 is 1.28 bits per heavy atom. The van der Waals surface area contributed by atoms with Gasteiger partial charge in [-0.15, -0.1) is 0 Å². The summed E-state index contributed by atoms with van der Waals surface area (Å²) >= 11 is 0. The Balaban J connectivity index is 2.35. The van der Waals surface area contributed by atoms with Gasteiger partial charge in [-0.25, -0.2) is 9.97 Å². The van der Waals surface area contributed by atoms with E-state index >= 15 is 0 Å². The van der Waals surface area contributed by atoms with Crippen molar-refractivity contribution in [3.05, 3.63) is 22.8 Å². The Morgan fingerprint density at radius 2 is 2.06 bits per heavy atom. The molecule has 1 aromatic heterocycles. The number of fused-ring (bicyclic) bond motifs is 1. The second kappa shape index (κ2) is 5.76. The number of nitrogens with zero attached hydrogens (tertiary/aromatic N) is 2. The van der Waals surface area contributed by atoms with E-state index in [1.54, 1.807) is 7.11 Å². The van der Waals surface area contributed by atoms with Crippen molar-refractivity contribution in [1.82, 2.24) is 15.3 Å². The smallest absolute Gasteiger partial charge is 0.131 e. The van der Waals surface area contributed by atoms with Gasteiger partial charge in [0.05, 0.1) is 17.5 Å². The molecule has 1 N–H and O–H groups in total. The lowest BCUT2D eigenvalue weighted by Crippen LogP contribution is -2.28.